The Kier molecular flexibility index (Phi) is 3.78. The van der Waals surface area contributed by atoms with Crippen LogP contribution in [0.4, 0.5) is 0 Å². The Morgan fingerprint density at radius 3 is 2.80 bits per heavy atom. The molecule has 2 heterocycles. The molecule has 112 valence electrons. The lowest BCUT2D eigenvalue weighted by Crippen LogP contribution is -2.42. The average Bonchev–Trinajstić information content (AvgIpc) is 3.21. The number of hydrogen-bond donors (Lipinski definition) is 1. The number of aliphatic hydroxyl groups is 1. The van der Waals surface area contributed by atoms with Crippen LogP contribution in [0, 0.1) is 5.92 Å². The Labute approximate surface area is 118 Å². The third kappa shape index (κ3) is 2.87. The van der Waals surface area contributed by atoms with Crippen molar-refractivity contribution in [1.82, 2.24) is 19.3 Å². The van der Waals surface area contributed by atoms with E-state index in [-0.39, 0.29) is 17.8 Å². The monoisotopic (exact) mass is 300 g/mol. The fourth-order valence-corrected chi connectivity index (χ4v) is 4.70. The minimum atomic E-state index is -3.07. The van der Waals surface area contributed by atoms with Gasteiger partial charge in [0.05, 0.1) is 18.1 Å². The molecule has 1 saturated carbocycles. The summed E-state index contributed by atoms with van der Waals surface area (Å²) in [7, 11) is -3.07. The van der Waals surface area contributed by atoms with Crippen molar-refractivity contribution in [2.24, 2.45) is 5.92 Å². The second kappa shape index (κ2) is 5.42. The van der Waals surface area contributed by atoms with Gasteiger partial charge in [-0.05, 0) is 31.6 Å². The van der Waals surface area contributed by atoms with E-state index < -0.39 is 10.0 Å². The molecule has 1 aliphatic heterocycles. The molecule has 8 heteroatoms. The molecule has 2 aliphatic rings. The highest BCUT2D eigenvalue weighted by Crippen LogP contribution is 2.33. The standard InChI is InChI=1S/C12H20N4O3S/c17-9-11-8-15(14-13-11)6-10-2-1-5-16(7-10)20(18,19)12-3-4-12/h8,10,12,17H,1-7,9H2/t10-/m0/s1. The molecule has 1 aromatic rings. The Hall–Kier alpha value is -0.990. The van der Waals surface area contributed by atoms with Gasteiger partial charge in [-0.3, -0.25) is 4.68 Å². The highest BCUT2D eigenvalue weighted by molar-refractivity contribution is 7.90. The molecule has 1 aromatic heterocycles. The van der Waals surface area contributed by atoms with Crippen LogP contribution in [0.3, 0.4) is 0 Å². The van der Waals surface area contributed by atoms with E-state index >= 15 is 0 Å². The average molecular weight is 300 g/mol. The summed E-state index contributed by atoms with van der Waals surface area (Å²) in [5, 5.41) is 16.6. The molecule has 0 aromatic carbocycles. The number of piperidine rings is 1. The summed E-state index contributed by atoms with van der Waals surface area (Å²) >= 11 is 0. The van der Waals surface area contributed by atoms with Crippen LogP contribution in [0.5, 0.6) is 0 Å². The van der Waals surface area contributed by atoms with Crippen LogP contribution >= 0.6 is 0 Å². The van der Waals surface area contributed by atoms with E-state index in [2.05, 4.69) is 10.3 Å². The van der Waals surface area contributed by atoms with Crippen LogP contribution in [0.15, 0.2) is 6.20 Å². The molecule has 0 radical (unpaired) electrons. The zero-order chi connectivity index (χ0) is 14.2. The second-order valence-electron chi connectivity index (χ2n) is 5.70. The Balaban J connectivity index is 1.63. The van der Waals surface area contributed by atoms with Crippen molar-refractivity contribution < 1.29 is 13.5 Å². The molecule has 2 fully saturated rings. The SMILES string of the molecule is O=S(=O)(C1CC1)N1CCC[C@@H](Cn2cc(CO)nn2)C1. The topological polar surface area (TPSA) is 88.3 Å². The highest BCUT2D eigenvalue weighted by atomic mass is 32.2. The highest BCUT2D eigenvalue weighted by Gasteiger charge is 2.41. The molecular formula is C12H20N4O3S. The molecule has 7 nitrogen and oxygen atoms in total. The van der Waals surface area contributed by atoms with Gasteiger partial charge in [-0.2, -0.15) is 0 Å². The second-order valence-corrected chi connectivity index (χ2v) is 7.91. The van der Waals surface area contributed by atoms with Crippen molar-refractivity contribution in [3.63, 3.8) is 0 Å². The number of sulfonamides is 1. The Morgan fingerprint density at radius 2 is 2.15 bits per heavy atom. The van der Waals surface area contributed by atoms with Gasteiger partial charge in [0.2, 0.25) is 10.0 Å². The van der Waals surface area contributed by atoms with Crippen molar-refractivity contribution in [2.75, 3.05) is 13.1 Å². The molecule has 20 heavy (non-hydrogen) atoms. The summed E-state index contributed by atoms with van der Waals surface area (Å²) < 4.78 is 27.9. The molecule has 1 aliphatic carbocycles. The van der Waals surface area contributed by atoms with Crippen molar-refractivity contribution in [2.45, 2.75) is 44.1 Å². The van der Waals surface area contributed by atoms with E-state index in [1.54, 1.807) is 15.2 Å². The smallest absolute Gasteiger partial charge is 0.216 e. The van der Waals surface area contributed by atoms with E-state index in [4.69, 9.17) is 5.11 Å². The summed E-state index contributed by atoms with van der Waals surface area (Å²) in [6, 6.07) is 0. The minimum absolute atomic E-state index is 0.118. The Morgan fingerprint density at radius 1 is 1.35 bits per heavy atom. The maximum atomic E-state index is 12.3. The predicted octanol–water partition coefficient (Wildman–Crippen LogP) is -0.0254. The van der Waals surface area contributed by atoms with Gasteiger partial charge in [-0.25, -0.2) is 12.7 Å². The quantitative estimate of drug-likeness (QED) is 0.825. The molecule has 0 spiro atoms. The molecule has 1 saturated heterocycles. The van der Waals surface area contributed by atoms with Gasteiger partial charge in [0.15, 0.2) is 0 Å². The predicted molar refractivity (Wildman–Crippen MR) is 72.2 cm³/mol. The van der Waals surface area contributed by atoms with Gasteiger partial charge >= 0.3 is 0 Å². The van der Waals surface area contributed by atoms with Crippen LogP contribution in [-0.2, 0) is 23.2 Å². The van der Waals surface area contributed by atoms with Crippen LogP contribution in [0.25, 0.3) is 0 Å². The molecule has 3 rings (SSSR count). The first kappa shape index (κ1) is 14.0. The van der Waals surface area contributed by atoms with Crippen LogP contribution < -0.4 is 0 Å². The van der Waals surface area contributed by atoms with Crippen molar-refractivity contribution >= 4 is 10.0 Å². The first-order valence-corrected chi connectivity index (χ1v) is 8.59. The zero-order valence-corrected chi connectivity index (χ0v) is 12.2. The largest absolute Gasteiger partial charge is 0.390 e. The maximum absolute atomic E-state index is 12.3. The molecular weight excluding hydrogens is 280 g/mol. The third-order valence-corrected chi connectivity index (χ3v) is 6.35. The lowest BCUT2D eigenvalue weighted by molar-refractivity contribution is 0.238. The molecule has 0 bridgehead atoms. The van der Waals surface area contributed by atoms with Crippen LogP contribution in [-0.4, -0.2) is 51.2 Å². The first-order chi connectivity index (χ1) is 9.59. The van der Waals surface area contributed by atoms with Crippen LogP contribution in [0.1, 0.15) is 31.4 Å². The van der Waals surface area contributed by atoms with E-state index in [9.17, 15) is 8.42 Å². The van der Waals surface area contributed by atoms with E-state index in [1.807, 2.05) is 0 Å². The fraction of sp³-hybridized carbons (Fsp3) is 0.833. The van der Waals surface area contributed by atoms with E-state index in [1.165, 1.54) is 0 Å². The summed E-state index contributed by atoms with van der Waals surface area (Å²) in [5.41, 5.74) is 0.545. The number of rotatable bonds is 5. The fourth-order valence-electron chi connectivity index (χ4n) is 2.75. The summed E-state index contributed by atoms with van der Waals surface area (Å²) in [6.45, 7) is 1.76. The number of aliphatic hydroxyl groups excluding tert-OH is 1. The van der Waals surface area contributed by atoms with Crippen LogP contribution in [0.2, 0.25) is 0 Å². The number of hydrogen-bond acceptors (Lipinski definition) is 5. The minimum Gasteiger partial charge on any atom is -0.390 e. The maximum Gasteiger partial charge on any atom is 0.216 e. The number of aromatic nitrogens is 3. The van der Waals surface area contributed by atoms with E-state index in [0.717, 1.165) is 25.7 Å². The molecule has 1 atom stereocenters. The Bertz CT molecular complexity index is 567. The van der Waals surface area contributed by atoms with Crippen molar-refractivity contribution in [3.05, 3.63) is 11.9 Å². The molecule has 1 N–H and O–H groups in total. The zero-order valence-electron chi connectivity index (χ0n) is 11.3. The van der Waals surface area contributed by atoms with Gasteiger partial charge in [-0.15, -0.1) is 5.10 Å². The van der Waals surface area contributed by atoms with E-state index in [0.29, 0.717) is 25.3 Å². The third-order valence-electron chi connectivity index (χ3n) is 3.98. The van der Waals surface area contributed by atoms with Gasteiger partial charge in [0, 0.05) is 19.6 Å². The van der Waals surface area contributed by atoms with Crippen molar-refractivity contribution in [3.8, 4) is 0 Å². The van der Waals surface area contributed by atoms with Gasteiger partial charge in [0.1, 0.15) is 5.69 Å². The summed E-state index contributed by atoms with van der Waals surface area (Å²) in [6.07, 6.45) is 5.25. The van der Waals surface area contributed by atoms with Gasteiger partial charge in [0.25, 0.3) is 0 Å². The summed E-state index contributed by atoms with van der Waals surface area (Å²) in [4.78, 5) is 0. The number of nitrogens with zero attached hydrogens (tertiary/aromatic N) is 4. The first-order valence-electron chi connectivity index (χ1n) is 7.08. The summed E-state index contributed by atoms with van der Waals surface area (Å²) in [5.74, 6) is 0.269. The van der Waals surface area contributed by atoms with Gasteiger partial charge < -0.3 is 5.11 Å². The lowest BCUT2D eigenvalue weighted by atomic mass is 10.00. The lowest BCUT2D eigenvalue weighted by Gasteiger charge is -2.31. The molecule has 0 unspecified atom stereocenters. The van der Waals surface area contributed by atoms with Gasteiger partial charge in [-0.1, -0.05) is 5.21 Å². The normalized spacial score (nSPS) is 24.9. The van der Waals surface area contributed by atoms with Crippen molar-refractivity contribution in [1.29, 1.82) is 0 Å². The molecule has 0 amide bonds.